The number of nitrogens with one attached hydrogen (secondary N) is 2. The van der Waals surface area contributed by atoms with E-state index in [-0.39, 0.29) is 55.2 Å². The number of nitrogens with zero attached hydrogens (tertiary/aromatic N) is 6. The van der Waals surface area contributed by atoms with Gasteiger partial charge in [0.2, 0.25) is 5.91 Å². The van der Waals surface area contributed by atoms with Crippen molar-refractivity contribution in [3.8, 4) is 22.5 Å². The van der Waals surface area contributed by atoms with Crippen molar-refractivity contribution in [1.82, 2.24) is 35.2 Å². The maximum Gasteiger partial charge on any atom is 0.328 e. The van der Waals surface area contributed by atoms with Gasteiger partial charge in [0.05, 0.1) is 53.2 Å². The molecular weight excluding hydrogens is 765 g/mol. The molecule has 0 spiro atoms. The van der Waals surface area contributed by atoms with E-state index in [0.717, 1.165) is 88.1 Å². The van der Waals surface area contributed by atoms with E-state index in [1.165, 1.54) is 16.3 Å². The number of benzene rings is 1. The van der Waals surface area contributed by atoms with Crippen LogP contribution < -0.4 is 15.6 Å². The molecule has 1 aromatic carbocycles. The molecule has 2 N–H and O–H groups in total. The number of rotatable bonds is 7. The fraction of sp³-hybridized carbons (Fsp3) is 0.533. The van der Waals surface area contributed by atoms with E-state index in [9.17, 15) is 14.4 Å². The third-order valence-electron chi connectivity index (χ3n) is 12.9. The maximum atomic E-state index is 14.2. The van der Waals surface area contributed by atoms with Gasteiger partial charge in [-0.25, -0.2) is 15.2 Å². The zero-order chi connectivity index (χ0) is 41.7. The SMILES string of the molecule is CCn1c(-c2cc(N3CCN(C)CC3)cnc2C(C)OC)c2c3cc(ccc31)-c1csc(n1)CC(NC(=O)C1C(C)C1C)C(=O)N1CC=CC(N1)C(=O)OCC(C)(C)C2. The molecule has 1 aliphatic carbocycles. The van der Waals surface area contributed by atoms with Gasteiger partial charge in [0.25, 0.3) is 5.91 Å². The topological polar surface area (TPSA) is 134 Å². The van der Waals surface area contributed by atoms with Crippen molar-refractivity contribution in [1.29, 1.82) is 0 Å². The molecule has 14 heteroatoms. The fourth-order valence-corrected chi connectivity index (χ4v) is 9.82. The van der Waals surface area contributed by atoms with Crippen LogP contribution in [-0.2, 0) is 43.2 Å². The van der Waals surface area contributed by atoms with E-state index in [0.29, 0.717) is 6.42 Å². The Hall–Kier alpha value is -4.63. The van der Waals surface area contributed by atoms with Gasteiger partial charge in [0.15, 0.2) is 0 Å². The minimum atomic E-state index is -0.871. The standard InChI is InChI=1S/C45H58N8O5S/c1-9-52-37-13-12-29-19-31(37)33(41(52)32-20-30(23-46-40(32)28(4)57-8)51-17-15-50(7)16-18-51)22-45(5,6)25-58-44(56)34-11-10-14-53(49-34)43(55)35(21-38-47-36(29)24-59-38)48-42(54)39-26(2)27(39)3/h10-13,19-20,23-24,26-28,34-35,39,49H,9,14-18,21-22,25H2,1-8H3,(H,48,54). The number of carbonyl (C=O) groups excluding carboxylic acids is 3. The Bertz CT molecular complexity index is 2270. The molecule has 59 heavy (non-hydrogen) atoms. The van der Waals surface area contributed by atoms with E-state index in [1.807, 2.05) is 18.5 Å². The minimum absolute atomic E-state index is 0.130. The number of ether oxygens (including phenoxy) is 2. The number of hydrogen-bond donors (Lipinski definition) is 2. The Labute approximate surface area is 351 Å². The molecule has 8 rings (SSSR count). The molecule has 1 saturated carbocycles. The summed E-state index contributed by atoms with van der Waals surface area (Å²) < 4.78 is 14.4. The molecule has 13 nitrogen and oxygen atoms in total. The summed E-state index contributed by atoms with van der Waals surface area (Å²) in [5, 5.41) is 8.35. The highest BCUT2D eigenvalue weighted by molar-refractivity contribution is 7.10. The van der Waals surface area contributed by atoms with Crippen LogP contribution in [0.4, 0.5) is 5.69 Å². The number of thiazole rings is 1. The fourth-order valence-electron chi connectivity index (χ4n) is 8.97. The van der Waals surface area contributed by atoms with Crippen LogP contribution in [0.2, 0.25) is 0 Å². The summed E-state index contributed by atoms with van der Waals surface area (Å²) in [4.78, 5) is 56.3. The second-order valence-corrected chi connectivity index (χ2v) is 18.6. The predicted octanol–water partition coefficient (Wildman–Crippen LogP) is 5.63. The van der Waals surface area contributed by atoms with Gasteiger partial charge < -0.3 is 29.2 Å². The number of hydrogen-bond acceptors (Lipinski definition) is 11. The summed E-state index contributed by atoms with van der Waals surface area (Å²) in [5.41, 5.74) is 10.7. The lowest BCUT2D eigenvalue weighted by atomic mass is 9.84. The number of aromatic nitrogens is 3. The van der Waals surface area contributed by atoms with E-state index in [1.54, 1.807) is 19.3 Å². The number of aryl methyl sites for hydroxylation is 1. The number of hydrazine groups is 1. The number of esters is 1. The van der Waals surface area contributed by atoms with Crippen molar-refractivity contribution < 1.29 is 23.9 Å². The second kappa shape index (κ2) is 16.4. The number of fused-ring (bicyclic) bond motifs is 6. The number of carbonyl (C=O) groups is 3. The van der Waals surface area contributed by atoms with Gasteiger partial charge in [0.1, 0.15) is 12.1 Å². The van der Waals surface area contributed by atoms with Crippen molar-refractivity contribution >= 4 is 45.7 Å². The molecule has 3 aromatic heterocycles. The van der Waals surface area contributed by atoms with E-state index < -0.39 is 23.5 Å². The van der Waals surface area contributed by atoms with E-state index in [4.69, 9.17) is 19.4 Å². The molecule has 2 fully saturated rings. The first kappa shape index (κ1) is 41.1. The number of piperazine rings is 1. The number of pyridine rings is 1. The van der Waals surface area contributed by atoms with E-state index in [2.05, 4.69) is 91.0 Å². The first-order chi connectivity index (χ1) is 28.3. The molecule has 314 valence electrons. The summed E-state index contributed by atoms with van der Waals surface area (Å²) in [6.45, 7) is 17.5. The van der Waals surface area contributed by atoms with Crippen molar-refractivity contribution in [2.24, 2.45) is 23.2 Å². The monoisotopic (exact) mass is 822 g/mol. The number of amides is 2. The van der Waals surface area contributed by atoms with Crippen LogP contribution in [0, 0.1) is 23.2 Å². The third kappa shape index (κ3) is 8.16. The molecule has 5 unspecified atom stereocenters. The van der Waals surface area contributed by atoms with Crippen LogP contribution in [0.15, 0.2) is 48.0 Å². The molecule has 2 amide bonds. The number of anilines is 1. The van der Waals surface area contributed by atoms with Gasteiger partial charge in [-0.1, -0.05) is 45.9 Å². The quantitative estimate of drug-likeness (QED) is 0.179. The lowest BCUT2D eigenvalue weighted by molar-refractivity contribution is -0.151. The van der Waals surface area contributed by atoms with Crippen LogP contribution in [0.1, 0.15) is 63.9 Å². The second-order valence-electron chi connectivity index (χ2n) is 17.7. The molecule has 6 heterocycles. The smallest absolute Gasteiger partial charge is 0.328 e. The van der Waals surface area contributed by atoms with Gasteiger partial charge in [-0.15, -0.1) is 11.3 Å². The van der Waals surface area contributed by atoms with Crippen molar-refractivity contribution in [3.63, 3.8) is 0 Å². The van der Waals surface area contributed by atoms with Crippen LogP contribution in [-0.4, -0.2) is 108 Å². The minimum Gasteiger partial charge on any atom is -0.464 e. The van der Waals surface area contributed by atoms with Crippen molar-refractivity contribution in [3.05, 3.63) is 64.3 Å². The molecule has 0 radical (unpaired) electrons. The lowest BCUT2D eigenvalue weighted by Gasteiger charge is -2.34. The third-order valence-corrected chi connectivity index (χ3v) is 13.8. The molecule has 4 aromatic rings. The molecule has 4 aliphatic rings. The Morgan fingerprint density at radius 2 is 1.90 bits per heavy atom. The van der Waals surface area contributed by atoms with Gasteiger partial charge in [-0.3, -0.25) is 19.6 Å². The summed E-state index contributed by atoms with van der Waals surface area (Å²) in [6, 6.07) is 7.08. The van der Waals surface area contributed by atoms with Crippen LogP contribution >= 0.6 is 11.3 Å². The summed E-state index contributed by atoms with van der Waals surface area (Å²) >= 11 is 1.48. The largest absolute Gasteiger partial charge is 0.464 e. The molecule has 5 atom stereocenters. The Morgan fingerprint density at radius 3 is 2.61 bits per heavy atom. The molecule has 1 saturated heterocycles. The van der Waals surface area contributed by atoms with Crippen LogP contribution in [0.5, 0.6) is 0 Å². The first-order valence-electron chi connectivity index (χ1n) is 21.0. The molecule has 3 aliphatic heterocycles. The highest BCUT2D eigenvalue weighted by Gasteiger charge is 2.49. The zero-order valence-corrected chi connectivity index (χ0v) is 36.4. The number of likely N-dealkylation sites (N-methyl/N-ethyl adjacent to an activating group) is 1. The van der Waals surface area contributed by atoms with Crippen LogP contribution in [0.3, 0.4) is 0 Å². The number of methoxy groups -OCH3 is 1. The Morgan fingerprint density at radius 1 is 1.14 bits per heavy atom. The highest BCUT2D eigenvalue weighted by atomic mass is 32.1. The zero-order valence-electron chi connectivity index (χ0n) is 35.6. The van der Waals surface area contributed by atoms with Gasteiger partial charge in [-0.05, 0) is 62.9 Å². The summed E-state index contributed by atoms with van der Waals surface area (Å²) in [6.07, 6.45) is 6.07. The predicted molar refractivity (Wildman–Crippen MR) is 231 cm³/mol. The average Bonchev–Trinajstić information content (AvgIpc) is 3.50. The Balaban J connectivity index is 1.26. The summed E-state index contributed by atoms with van der Waals surface area (Å²) in [5.74, 6) is -0.557. The van der Waals surface area contributed by atoms with Crippen LogP contribution in [0.25, 0.3) is 33.4 Å². The lowest BCUT2D eigenvalue weighted by Crippen LogP contribution is -2.59. The van der Waals surface area contributed by atoms with Gasteiger partial charge in [0, 0.05) is 85.0 Å². The normalized spacial score (nSPS) is 25.5. The number of cyclic esters (lactones) is 1. The van der Waals surface area contributed by atoms with Gasteiger partial charge >= 0.3 is 5.97 Å². The van der Waals surface area contributed by atoms with Gasteiger partial charge in [-0.2, -0.15) is 0 Å². The summed E-state index contributed by atoms with van der Waals surface area (Å²) in [7, 11) is 3.89. The van der Waals surface area contributed by atoms with Crippen molar-refractivity contribution in [2.75, 3.05) is 58.4 Å². The molecular formula is C45H58N8O5S. The van der Waals surface area contributed by atoms with E-state index >= 15 is 0 Å². The highest BCUT2D eigenvalue weighted by Crippen LogP contribution is 2.46. The molecule has 6 bridgehead atoms. The maximum absolute atomic E-state index is 14.2. The first-order valence-corrected chi connectivity index (χ1v) is 21.9. The average molecular weight is 823 g/mol. The Kier molecular flexibility index (Phi) is 11.5. The van der Waals surface area contributed by atoms with Crippen molar-refractivity contribution in [2.45, 2.75) is 79.1 Å².